The maximum absolute atomic E-state index is 13.5. The number of rotatable bonds is 4. The summed E-state index contributed by atoms with van der Waals surface area (Å²) in [5, 5.41) is 2.40. The van der Waals surface area contributed by atoms with Crippen molar-refractivity contribution in [1.29, 1.82) is 0 Å². The fourth-order valence-electron chi connectivity index (χ4n) is 2.99. The zero-order valence-electron chi connectivity index (χ0n) is 14.8. The first-order valence-electron chi connectivity index (χ1n) is 8.22. The maximum atomic E-state index is 13.5. The topological polar surface area (TPSA) is 99.6 Å². The summed E-state index contributed by atoms with van der Waals surface area (Å²) in [6.07, 6.45) is -0.0737. The Hall–Kier alpha value is -3.27. The zero-order chi connectivity index (χ0) is 20.0. The van der Waals surface area contributed by atoms with Crippen molar-refractivity contribution in [2.75, 3.05) is 0 Å². The van der Waals surface area contributed by atoms with E-state index >= 15 is 0 Å². The fourth-order valence-corrected chi connectivity index (χ4v) is 3.72. The number of thiazole rings is 1. The molecule has 0 aliphatic carbocycles. The van der Waals surface area contributed by atoms with Crippen LogP contribution in [0, 0.1) is 13.8 Å². The minimum atomic E-state index is -2.74. The first-order chi connectivity index (χ1) is 13.4. The van der Waals surface area contributed by atoms with Crippen molar-refractivity contribution in [3.8, 4) is 16.6 Å². The van der Waals surface area contributed by atoms with Crippen LogP contribution in [0.5, 0.6) is 0 Å². The summed E-state index contributed by atoms with van der Waals surface area (Å²) < 4.78 is 28.5. The van der Waals surface area contributed by atoms with E-state index in [9.17, 15) is 13.6 Å². The van der Waals surface area contributed by atoms with Crippen LogP contribution in [0.2, 0.25) is 0 Å². The van der Waals surface area contributed by atoms with Crippen LogP contribution in [0.4, 0.5) is 8.78 Å². The number of aryl methyl sites for hydroxylation is 2. The molecular formula is C18H14F2N6OS. The van der Waals surface area contributed by atoms with Gasteiger partial charge in [0.05, 0.1) is 22.3 Å². The predicted octanol–water partition coefficient (Wildman–Crippen LogP) is 3.59. The summed E-state index contributed by atoms with van der Waals surface area (Å²) in [5.41, 5.74) is 7.01. The van der Waals surface area contributed by atoms with Gasteiger partial charge in [-0.15, -0.1) is 11.3 Å². The first kappa shape index (κ1) is 18.1. The van der Waals surface area contributed by atoms with Crippen molar-refractivity contribution in [2.24, 2.45) is 5.73 Å². The predicted molar refractivity (Wildman–Crippen MR) is 101 cm³/mol. The number of nitrogens with two attached hydrogens (primary N) is 1. The van der Waals surface area contributed by atoms with Gasteiger partial charge in [-0.3, -0.25) is 14.3 Å². The number of hydrogen-bond donors (Lipinski definition) is 1. The van der Waals surface area contributed by atoms with Gasteiger partial charge in [-0.05, 0) is 26.0 Å². The highest BCUT2D eigenvalue weighted by molar-refractivity contribution is 7.13. The highest BCUT2D eigenvalue weighted by atomic mass is 32.1. The fraction of sp³-hybridized carbons (Fsp3) is 0.167. The summed E-state index contributed by atoms with van der Waals surface area (Å²) in [6, 6.07) is 3.25. The molecule has 4 aromatic heterocycles. The number of amides is 1. The van der Waals surface area contributed by atoms with Crippen LogP contribution in [0.25, 0.3) is 27.7 Å². The van der Waals surface area contributed by atoms with E-state index in [1.807, 2.05) is 12.3 Å². The van der Waals surface area contributed by atoms with Gasteiger partial charge in [-0.25, -0.2) is 23.7 Å². The van der Waals surface area contributed by atoms with E-state index in [1.54, 1.807) is 19.1 Å². The van der Waals surface area contributed by atoms with Crippen molar-refractivity contribution in [3.05, 3.63) is 52.4 Å². The standard InChI is InChI=1S/C18H14F2N6OS/c1-8-7-28-18(23-8)16-24-9(2)12(15(21)27)17(25-16)26-6-10(14(19)20)13-11(26)4-3-5-22-13/h3-7,14H,1-2H3,(H2,21,27). The Kier molecular flexibility index (Phi) is 4.34. The van der Waals surface area contributed by atoms with Gasteiger partial charge in [0, 0.05) is 23.5 Å². The molecular weight excluding hydrogens is 386 g/mol. The van der Waals surface area contributed by atoms with Gasteiger partial charge in [-0.1, -0.05) is 0 Å². The lowest BCUT2D eigenvalue weighted by Crippen LogP contribution is -2.19. The molecule has 0 saturated carbocycles. The van der Waals surface area contributed by atoms with Crippen LogP contribution in [-0.2, 0) is 0 Å². The third-order valence-corrected chi connectivity index (χ3v) is 5.13. The minimum absolute atomic E-state index is 0.0543. The molecule has 0 unspecified atom stereocenters. The van der Waals surface area contributed by atoms with Crippen LogP contribution >= 0.6 is 11.3 Å². The van der Waals surface area contributed by atoms with Crippen molar-refractivity contribution in [1.82, 2.24) is 24.5 Å². The van der Waals surface area contributed by atoms with E-state index in [4.69, 9.17) is 5.73 Å². The Morgan fingerprint density at radius 2 is 2.04 bits per heavy atom. The van der Waals surface area contributed by atoms with Gasteiger partial charge in [-0.2, -0.15) is 0 Å². The highest BCUT2D eigenvalue weighted by Gasteiger charge is 2.24. The molecule has 0 aliphatic rings. The van der Waals surface area contributed by atoms with Gasteiger partial charge in [0.2, 0.25) is 0 Å². The SMILES string of the molecule is Cc1csc(-c2nc(C)c(C(N)=O)c(-n3cc(C(F)F)c4ncccc43)n2)n1. The molecule has 10 heteroatoms. The molecule has 0 saturated heterocycles. The van der Waals surface area contributed by atoms with Gasteiger partial charge in [0.15, 0.2) is 16.6 Å². The molecule has 0 radical (unpaired) electrons. The number of carbonyl (C=O) groups excluding carboxylic acids is 1. The number of halogens is 2. The molecule has 2 N–H and O–H groups in total. The quantitative estimate of drug-likeness (QED) is 0.564. The molecule has 7 nitrogen and oxygen atoms in total. The summed E-state index contributed by atoms with van der Waals surface area (Å²) in [6.45, 7) is 3.46. The second kappa shape index (κ2) is 6.71. The van der Waals surface area contributed by atoms with Crippen LogP contribution in [0.1, 0.15) is 33.7 Å². The number of aromatic nitrogens is 5. The van der Waals surface area contributed by atoms with Crippen LogP contribution in [-0.4, -0.2) is 30.4 Å². The largest absolute Gasteiger partial charge is 0.365 e. The molecule has 0 aromatic carbocycles. The summed E-state index contributed by atoms with van der Waals surface area (Å²) in [4.78, 5) is 29.3. The molecule has 0 bridgehead atoms. The lowest BCUT2D eigenvalue weighted by Gasteiger charge is -2.12. The second-order valence-corrected chi connectivity index (χ2v) is 6.97. The molecule has 4 aromatic rings. The number of hydrogen-bond acceptors (Lipinski definition) is 6. The molecule has 28 heavy (non-hydrogen) atoms. The Morgan fingerprint density at radius 1 is 1.25 bits per heavy atom. The van der Waals surface area contributed by atoms with E-state index in [1.165, 1.54) is 28.3 Å². The van der Waals surface area contributed by atoms with E-state index in [2.05, 4.69) is 19.9 Å². The number of nitrogens with zero attached hydrogens (tertiary/aromatic N) is 5. The van der Waals surface area contributed by atoms with E-state index in [-0.39, 0.29) is 22.5 Å². The minimum Gasteiger partial charge on any atom is -0.365 e. The lowest BCUT2D eigenvalue weighted by molar-refractivity contribution is 0.0999. The maximum Gasteiger partial charge on any atom is 0.267 e. The molecule has 0 spiro atoms. The average molecular weight is 400 g/mol. The first-order valence-corrected chi connectivity index (χ1v) is 9.10. The normalized spacial score (nSPS) is 11.5. The van der Waals surface area contributed by atoms with Gasteiger partial charge >= 0.3 is 0 Å². The number of carbonyl (C=O) groups is 1. The van der Waals surface area contributed by atoms with Gasteiger partial charge in [0.25, 0.3) is 12.3 Å². The molecule has 0 fully saturated rings. The number of primary amides is 1. The molecule has 1 amide bonds. The molecule has 4 heterocycles. The van der Waals surface area contributed by atoms with E-state index in [0.717, 1.165) is 5.69 Å². The Morgan fingerprint density at radius 3 is 2.68 bits per heavy atom. The van der Waals surface area contributed by atoms with Crippen LogP contribution in [0.3, 0.4) is 0 Å². The Bertz CT molecular complexity index is 1220. The van der Waals surface area contributed by atoms with Gasteiger partial charge in [0.1, 0.15) is 5.56 Å². The summed E-state index contributed by atoms with van der Waals surface area (Å²) >= 11 is 1.35. The van der Waals surface area contributed by atoms with Crippen LogP contribution in [0.15, 0.2) is 29.9 Å². The zero-order valence-corrected chi connectivity index (χ0v) is 15.7. The third-order valence-electron chi connectivity index (χ3n) is 4.18. The monoisotopic (exact) mass is 400 g/mol. The van der Waals surface area contributed by atoms with E-state index < -0.39 is 12.3 Å². The van der Waals surface area contributed by atoms with Crippen molar-refractivity contribution >= 4 is 28.3 Å². The van der Waals surface area contributed by atoms with Crippen molar-refractivity contribution in [3.63, 3.8) is 0 Å². The Labute approximate surface area is 161 Å². The smallest absolute Gasteiger partial charge is 0.267 e. The molecule has 142 valence electrons. The summed E-state index contributed by atoms with van der Waals surface area (Å²) in [7, 11) is 0. The highest BCUT2D eigenvalue weighted by Crippen LogP contribution is 2.32. The third kappa shape index (κ3) is 2.91. The molecule has 0 aliphatic heterocycles. The van der Waals surface area contributed by atoms with Gasteiger partial charge < -0.3 is 5.73 Å². The summed E-state index contributed by atoms with van der Waals surface area (Å²) in [5.74, 6) is -0.341. The number of alkyl halides is 2. The van der Waals surface area contributed by atoms with Crippen molar-refractivity contribution in [2.45, 2.75) is 20.3 Å². The second-order valence-electron chi connectivity index (χ2n) is 6.12. The lowest BCUT2D eigenvalue weighted by atomic mass is 10.2. The number of fused-ring (bicyclic) bond motifs is 1. The Balaban J connectivity index is 2.05. The van der Waals surface area contributed by atoms with Crippen LogP contribution < -0.4 is 5.73 Å². The molecule has 4 rings (SSSR count). The van der Waals surface area contributed by atoms with Crippen molar-refractivity contribution < 1.29 is 13.6 Å². The number of pyridine rings is 1. The molecule has 0 atom stereocenters. The van der Waals surface area contributed by atoms with E-state index in [0.29, 0.717) is 22.0 Å². The average Bonchev–Trinajstić information content (AvgIpc) is 3.24.